The summed E-state index contributed by atoms with van der Waals surface area (Å²) < 4.78 is 5.51. The second-order valence-corrected chi connectivity index (χ2v) is 4.90. The fraction of sp³-hybridized carbons (Fsp3) is 0.562. The van der Waals surface area contributed by atoms with Crippen LogP contribution in [0.5, 0.6) is 5.75 Å². The molecule has 0 radical (unpaired) electrons. The van der Waals surface area contributed by atoms with Crippen LogP contribution in [0, 0.1) is 0 Å². The summed E-state index contributed by atoms with van der Waals surface area (Å²) in [6.07, 6.45) is 6.42. The Labute approximate surface area is 121 Å². The van der Waals surface area contributed by atoms with E-state index in [1.165, 1.54) is 19.3 Å². The highest BCUT2D eigenvalue weighted by molar-refractivity contribution is 5.75. The van der Waals surface area contributed by atoms with Crippen molar-refractivity contribution in [1.29, 1.82) is 0 Å². The normalized spacial score (nSPS) is 10.2. The zero-order valence-electron chi connectivity index (χ0n) is 12.4. The molecule has 1 aromatic carbocycles. The van der Waals surface area contributed by atoms with Gasteiger partial charge < -0.3 is 15.8 Å². The Morgan fingerprint density at radius 3 is 2.70 bits per heavy atom. The van der Waals surface area contributed by atoms with Gasteiger partial charge in [-0.2, -0.15) is 0 Å². The molecule has 0 aliphatic heterocycles. The van der Waals surface area contributed by atoms with E-state index in [2.05, 4.69) is 12.2 Å². The number of nitrogen functional groups attached to an aromatic ring is 1. The average molecular weight is 278 g/mol. The molecule has 0 heterocycles. The average Bonchev–Trinajstić information content (AvgIpc) is 2.45. The van der Waals surface area contributed by atoms with Crippen LogP contribution in [0.3, 0.4) is 0 Å². The molecule has 1 rings (SSSR count). The van der Waals surface area contributed by atoms with E-state index in [9.17, 15) is 4.79 Å². The molecule has 1 aromatic rings. The van der Waals surface area contributed by atoms with Gasteiger partial charge in [-0.3, -0.25) is 4.79 Å². The fourth-order valence-electron chi connectivity index (χ4n) is 1.94. The molecule has 4 heteroatoms. The Morgan fingerprint density at radius 1 is 1.20 bits per heavy atom. The molecular weight excluding hydrogens is 252 g/mol. The molecule has 0 saturated carbocycles. The van der Waals surface area contributed by atoms with Gasteiger partial charge in [0.05, 0.1) is 12.2 Å². The van der Waals surface area contributed by atoms with E-state index in [0.717, 1.165) is 12.8 Å². The van der Waals surface area contributed by atoms with Crippen molar-refractivity contribution in [2.75, 3.05) is 18.9 Å². The molecular formula is C16H26N2O2. The number of hydrogen-bond donors (Lipinski definition) is 2. The van der Waals surface area contributed by atoms with Gasteiger partial charge in [0.1, 0.15) is 12.4 Å². The first-order chi connectivity index (χ1) is 9.74. The molecule has 0 unspecified atom stereocenters. The zero-order chi connectivity index (χ0) is 14.6. The largest absolute Gasteiger partial charge is 0.490 e. The lowest BCUT2D eigenvalue weighted by atomic mass is 10.1. The summed E-state index contributed by atoms with van der Waals surface area (Å²) >= 11 is 0. The predicted octanol–water partition coefficient (Wildman–Crippen LogP) is 3.12. The van der Waals surface area contributed by atoms with Gasteiger partial charge in [-0.1, -0.05) is 44.7 Å². The van der Waals surface area contributed by atoms with Crippen molar-refractivity contribution in [2.24, 2.45) is 0 Å². The van der Waals surface area contributed by atoms with E-state index < -0.39 is 0 Å². The molecule has 1 amide bonds. The number of unbranched alkanes of at least 4 members (excludes halogenated alkanes) is 4. The van der Waals surface area contributed by atoms with Crippen LogP contribution in [0.4, 0.5) is 5.69 Å². The Balaban J connectivity index is 2.03. The number of ether oxygens (including phenoxy) is 1. The maximum absolute atomic E-state index is 11.6. The molecule has 0 aromatic heterocycles. The number of rotatable bonds is 10. The van der Waals surface area contributed by atoms with Crippen LogP contribution in [0.1, 0.15) is 45.4 Å². The van der Waals surface area contributed by atoms with Crippen molar-refractivity contribution in [3.8, 4) is 5.75 Å². The minimum atomic E-state index is 0.103. The van der Waals surface area contributed by atoms with Gasteiger partial charge in [0.25, 0.3) is 0 Å². The van der Waals surface area contributed by atoms with Crippen LogP contribution < -0.4 is 15.8 Å². The number of anilines is 1. The first-order valence-corrected chi connectivity index (χ1v) is 7.48. The van der Waals surface area contributed by atoms with Crippen LogP contribution in [0.15, 0.2) is 24.3 Å². The third-order valence-corrected chi connectivity index (χ3v) is 3.11. The summed E-state index contributed by atoms with van der Waals surface area (Å²) in [5.74, 6) is 0.771. The molecule has 0 aliphatic carbocycles. The van der Waals surface area contributed by atoms with Crippen molar-refractivity contribution in [3.63, 3.8) is 0 Å². The highest BCUT2D eigenvalue weighted by Gasteiger charge is 2.01. The van der Waals surface area contributed by atoms with E-state index in [-0.39, 0.29) is 5.91 Å². The summed E-state index contributed by atoms with van der Waals surface area (Å²) in [6.45, 7) is 3.14. The molecule has 3 N–H and O–H groups in total. The van der Waals surface area contributed by atoms with Crippen molar-refractivity contribution >= 4 is 11.6 Å². The highest BCUT2D eigenvalue weighted by Crippen LogP contribution is 2.19. The maximum Gasteiger partial charge on any atom is 0.220 e. The van der Waals surface area contributed by atoms with Crippen molar-refractivity contribution in [1.82, 2.24) is 5.32 Å². The highest BCUT2D eigenvalue weighted by atomic mass is 16.5. The van der Waals surface area contributed by atoms with Gasteiger partial charge in [0, 0.05) is 6.42 Å². The summed E-state index contributed by atoms with van der Waals surface area (Å²) in [6, 6.07) is 7.36. The first kappa shape index (κ1) is 16.3. The number of amides is 1. The van der Waals surface area contributed by atoms with Crippen LogP contribution in [-0.4, -0.2) is 19.1 Å². The topological polar surface area (TPSA) is 64.3 Å². The summed E-state index contributed by atoms with van der Waals surface area (Å²) in [5.41, 5.74) is 6.38. The lowest BCUT2D eigenvalue weighted by Gasteiger charge is -2.09. The Morgan fingerprint density at radius 2 is 1.95 bits per heavy atom. The lowest BCUT2D eigenvalue weighted by Crippen LogP contribution is -2.27. The van der Waals surface area contributed by atoms with Crippen LogP contribution in [0.25, 0.3) is 0 Å². The van der Waals surface area contributed by atoms with Crippen molar-refractivity contribution in [3.05, 3.63) is 24.3 Å². The Hall–Kier alpha value is -1.71. The number of carbonyl (C=O) groups excluding carboxylic acids is 1. The second-order valence-electron chi connectivity index (χ2n) is 4.90. The smallest absolute Gasteiger partial charge is 0.220 e. The third kappa shape index (κ3) is 7.02. The Kier molecular flexibility index (Phi) is 8.27. The van der Waals surface area contributed by atoms with E-state index in [1.807, 2.05) is 18.2 Å². The molecule has 0 spiro atoms. The fourth-order valence-corrected chi connectivity index (χ4v) is 1.94. The number of hydrogen-bond acceptors (Lipinski definition) is 3. The number of carbonyl (C=O) groups is 1. The SMILES string of the molecule is CCCCCCCC(=O)NCCOc1ccccc1N. The number of nitrogens with two attached hydrogens (primary N) is 1. The van der Waals surface area contributed by atoms with Gasteiger partial charge in [-0.25, -0.2) is 0 Å². The minimum Gasteiger partial charge on any atom is -0.490 e. The van der Waals surface area contributed by atoms with Gasteiger partial charge in [-0.15, -0.1) is 0 Å². The molecule has 0 bridgehead atoms. The standard InChI is InChI=1S/C16H26N2O2/c1-2-3-4-5-6-11-16(19)18-12-13-20-15-10-8-7-9-14(15)17/h7-10H,2-6,11-13,17H2,1H3,(H,18,19). The van der Waals surface area contributed by atoms with Crippen LogP contribution in [-0.2, 0) is 4.79 Å². The molecule has 0 atom stereocenters. The second kappa shape index (κ2) is 10.1. The lowest BCUT2D eigenvalue weighted by molar-refractivity contribution is -0.121. The molecule has 4 nitrogen and oxygen atoms in total. The predicted molar refractivity (Wildman–Crippen MR) is 82.7 cm³/mol. The van der Waals surface area contributed by atoms with Crippen LogP contribution >= 0.6 is 0 Å². The van der Waals surface area contributed by atoms with E-state index >= 15 is 0 Å². The third-order valence-electron chi connectivity index (χ3n) is 3.11. The number of nitrogens with one attached hydrogen (secondary N) is 1. The van der Waals surface area contributed by atoms with Gasteiger partial charge in [-0.05, 0) is 18.6 Å². The molecule has 0 aliphatic rings. The van der Waals surface area contributed by atoms with E-state index in [0.29, 0.717) is 31.0 Å². The quantitative estimate of drug-likeness (QED) is 0.510. The molecule has 20 heavy (non-hydrogen) atoms. The number of benzene rings is 1. The Bertz CT molecular complexity index is 394. The van der Waals surface area contributed by atoms with Crippen molar-refractivity contribution < 1.29 is 9.53 Å². The van der Waals surface area contributed by atoms with Crippen molar-refractivity contribution in [2.45, 2.75) is 45.4 Å². The molecule has 0 saturated heterocycles. The van der Waals surface area contributed by atoms with Gasteiger partial charge in [0.2, 0.25) is 5.91 Å². The first-order valence-electron chi connectivity index (χ1n) is 7.48. The summed E-state index contributed by atoms with van der Waals surface area (Å²) in [4.78, 5) is 11.6. The van der Waals surface area contributed by atoms with Gasteiger partial charge >= 0.3 is 0 Å². The summed E-state index contributed by atoms with van der Waals surface area (Å²) in [5, 5.41) is 2.86. The zero-order valence-corrected chi connectivity index (χ0v) is 12.4. The van der Waals surface area contributed by atoms with E-state index in [1.54, 1.807) is 6.07 Å². The minimum absolute atomic E-state index is 0.103. The van der Waals surface area contributed by atoms with Crippen LogP contribution in [0.2, 0.25) is 0 Å². The summed E-state index contributed by atoms with van der Waals surface area (Å²) in [7, 11) is 0. The molecule has 112 valence electrons. The van der Waals surface area contributed by atoms with E-state index in [4.69, 9.17) is 10.5 Å². The maximum atomic E-state index is 11.6. The molecule has 0 fully saturated rings. The number of para-hydroxylation sites is 2. The van der Waals surface area contributed by atoms with Gasteiger partial charge in [0.15, 0.2) is 0 Å². The monoisotopic (exact) mass is 278 g/mol.